The van der Waals surface area contributed by atoms with E-state index < -0.39 is 0 Å². The number of nitrogens with zero attached hydrogens (tertiary/aromatic N) is 3. The molecular weight excluding hydrogens is 166 g/mol. The van der Waals surface area contributed by atoms with E-state index >= 15 is 0 Å². The predicted octanol–water partition coefficient (Wildman–Crippen LogP) is 0.204. The van der Waals surface area contributed by atoms with Gasteiger partial charge in [-0.25, -0.2) is 9.48 Å². The quantitative estimate of drug-likeness (QED) is 0.574. The Labute approximate surface area is 80.4 Å². The summed E-state index contributed by atoms with van der Waals surface area (Å²) in [5.41, 5.74) is 0. The summed E-state index contributed by atoms with van der Waals surface area (Å²) in [4.78, 5) is 4.39. The molecule has 0 bridgehead atoms. The summed E-state index contributed by atoms with van der Waals surface area (Å²) >= 11 is 0. The van der Waals surface area contributed by atoms with Gasteiger partial charge in [-0.05, 0) is 6.42 Å². The Morgan fingerprint density at radius 1 is 1.62 bits per heavy atom. The first-order valence-electron chi connectivity index (χ1n) is 4.75. The monoisotopic (exact) mass is 186 g/mol. The van der Waals surface area contributed by atoms with Crippen molar-refractivity contribution in [1.29, 1.82) is 0 Å². The van der Waals surface area contributed by atoms with Crippen molar-refractivity contribution in [2.45, 2.75) is 13.3 Å². The first-order chi connectivity index (χ1) is 6.16. The van der Waals surface area contributed by atoms with Gasteiger partial charge >= 0.3 is 5.96 Å². The molecule has 13 heavy (non-hydrogen) atoms. The zero-order valence-electron chi connectivity index (χ0n) is 9.08. The Morgan fingerprint density at radius 2 is 2.31 bits per heavy atom. The highest BCUT2D eigenvalue weighted by Crippen LogP contribution is 2.00. The van der Waals surface area contributed by atoms with Crippen LogP contribution in [-0.2, 0) is 4.74 Å². The van der Waals surface area contributed by atoms with Crippen LogP contribution in [0.15, 0.2) is 0 Å². The fourth-order valence-electron chi connectivity index (χ4n) is 1.74. The van der Waals surface area contributed by atoms with Gasteiger partial charge in [-0.3, -0.25) is 4.90 Å². The second kappa shape index (κ2) is 4.46. The molecule has 0 atom stereocenters. The minimum Gasteiger partial charge on any atom is -0.315 e. The zero-order valence-corrected chi connectivity index (χ0v) is 9.08. The van der Waals surface area contributed by atoms with Crippen molar-refractivity contribution in [2.75, 3.05) is 41.1 Å². The Bertz CT molecular complexity index is 203. The molecule has 0 saturated carbocycles. The molecule has 1 rings (SSSR count). The third kappa shape index (κ3) is 2.34. The molecule has 0 amide bonds. The summed E-state index contributed by atoms with van der Waals surface area (Å²) in [6, 6.07) is 0. The molecule has 0 aromatic heterocycles. The molecule has 0 fully saturated rings. The Morgan fingerprint density at radius 3 is 2.85 bits per heavy atom. The van der Waals surface area contributed by atoms with Gasteiger partial charge in [0.25, 0.3) is 0 Å². The van der Waals surface area contributed by atoms with Crippen molar-refractivity contribution in [3.8, 4) is 0 Å². The van der Waals surface area contributed by atoms with E-state index in [1.54, 1.807) is 0 Å². The average molecular weight is 186 g/mol. The van der Waals surface area contributed by atoms with Crippen LogP contribution in [0.3, 0.4) is 0 Å². The Hall–Kier alpha value is -0.770. The minimum atomic E-state index is 0.688. The molecule has 0 saturated heterocycles. The summed E-state index contributed by atoms with van der Waals surface area (Å²) in [5.74, 6) is 1.24. The van der Waals surface area contributed by atoms with Crippen LogP contribution in [-0.4, -0.2) is 61.5 Å². The van der Waals surface area contributed by atoms with Gasteiger partial charge in [-0.1, -0.05) is 6.92 Å². The van der Waals surface area contributed by atoms with Gasteiger partial charge < -0.3 is 4.74 Å². The summed E-state index contributed by atoms with van der Waals surface area (Å²) < 4.78 is 7.48. The second-order valence-electron chi connectivity index (χ2n) is 3.58. The van der Waals surface area contributed by atoms with Crippen molar-refractivity contribution in [2.24, 2.45) is 0 Å². The van der Waals surface area contributed by atoms with E-state index in [4.69, 9.17) is 4.74 Å². The number of hydrogen-bond donors (Lipinski definition) is 0. The van der Waals surface area contributed by atoms with Crippen molar-refractivity contribution < 1.29 is 9.31 Å². The molecule has 1 aliphatic heterocycles. The second-order valence-corrected chi connectivity index (χ2v) is 3.58. The van der Waals surface area contributed by atoms with Crippen LogP contribution < -0.4 is 0 Å². The van der Waals surface area contributed by atoms with Crippen LogP contribution in [0.25, 0.3) is 0 Å². The first kappa shape index (κ1) is 10.3. The molecule has 0 aromatic rings. The van der Waals surface area contributed by atoms with E-state index in [2.05, 4.69) is 42.4 Å². The maximum Gasteiger partial charge on any atom is 0.353 e. The van der Waals surface area contributed by atoms with Crippen LogP contribution in [0.5, 0.6) is 0 Å². The summed E-state index contributed by atoms with van der Waals surface area (Å²) in [7, 11) is 6.23. The van der Waals surface area contributed by atoms with Gasteiger partial charge in [0.1, 0.15) is 0 Å². The van der Waals surface area contributed by atoms with E-state index in [1.807, 2.05) is 0 Å². The van der Waals surface area contributed by atoms with Crippen molar-refractivity contribution >= 4 is 5.96 Å². The van der Waals surface area contributed by atoms with Crippen LogP contribution in [0, 0.1) is 0 Å². The van der Waals surface area contributed by atoms with Crippen molar-refractivity contribution in [1.82, 2.24) is 9.80 Å². The highest BCUT2D eigenvalue weighted by molar-refractivity contribution is 5.74. The van der Waals surface area contributed by atoms with Crippen molar-refractivity contribution in [3.05, 3.63) is 0 Å². The number of guanidine groups is 1. The van der Waals surface area contributed by atoms with Gasteiger partial charge in [0.15, 0.2) is 13.5 Å². The summed E-state index contributed by atoms with van der Waals surface area (Å²) in [5, 5.41) is 0. The molecule has 76 valence electrons. The molecule has 1 heterocycles. The lowest BCUT2D eigenvalue weighted by atomic mass is 10.4. The lowest BCUT2D eigenvalue weighted by molar-refractivity contribution is -0.563. The third-order valence-electron chi connectivity index (χ3n) is 2.15. The molecule has 0 unspecified atom stereocenters. The van der Waals surface area contributed by atoms with E-state index in [-0.39, 0.29) is 0 Å². The lowest BCUT2D eigenvalue weighted by Gasteiger charge is -2.27. The molecule has 0 radical (unpaired) electrons. The smallest absolute Gasteiger partial charge is 0.315 e. The van der Waals surface area contributed by atoms with E-state index in [0.29, 0.717) is 13.5 Å². The molecule has 0 aliphatic carbocycles. The fourth-order valence-corrected chi connectivity index (χ4v) is 1.74. The van der Waals surface area contributed by atoms with Crippen LogP contribution >= 0.6 is 0 Å². The largest absolute Gasteiger partial charge is 0.353 e. The Balaban J connectivity index is 2.72. The van der Waals surface area contributed by atoms with Crippen LogP contribution in [0.1, 0.15) is 13.3 Å². The molecular formula is C9H20N3O+. The maximum atomic E-state index is 5.36. The van der Waals surface area contributed by atoms with Gasteiger partial charge in [-0.2, -0.15) is 0 Å². The molecule has 0 aromatic carbocycles. The lowest BCUT2D eigenvalue weighted by Crippen LogP contribution is -2.50. The molecule has 4 nitrogen and oxygen atoms in total. The number of ether oxygens (including phenoxy) is 1. The molecule has 1 aliphatic rings. The van der Waals surface area contributed by atoms with Crippen LogP contribution in [0.2, 0.25) is 0 Å². The SMILES string of the molecule is CCCN(C)C1=[N+](C)COCN1C. The van der Waals surface area contributed by atoms with Gasteiger partial charge in [0.2, 0.25) is 0 Å². The summed E-state index contributed by atoms with van der Waals surface area (Å²) in [6.45, 7) is 4.65. The normalized spacial score (nSPS) is 18.0. The van der Waals surface area contributed by atoms with Gasteiger partial charge in [0, 0.05) is 0 Å². The number of hydrogen-bond acceptors (Lipinski definition) is 3. The standard InChI is InChI=1S/C9H20N3O/c1-5-6-10(2)9-11(3)7-13-8-12(9)4/h5-8H2,1-4H3/q+1. The Kier molecular flexibility index (Phi) is 3.54. The number of rotatable bonds is 2. The minimum absolute atomic E-state index is 0.688. The highest BCUT2D eigenvalue weighted by atomic mass is 16.5. The van der Waals surface area contributed by atoms with Crippen LogP contribution in [0.4, 0.5) is 0 Å². The topological polar surface area (TPSA) is 18.7 Å². The zero-order chi connectivity index (χ0) is 9.84. The van der Waals surface area contributed by atoms with E-state index in [9.17, 15) is 0 Å². The van der Waals surface area contributed by atoms with Crippen molar-refractivity contribution in [3.63, 3.8) is 0 Å². The fraction of sp³-hybridized carbons (Fsp3) is 0.889. The van der Waals surface area contributed by atoms with Gasteiger partial charge in [-0.15, -0.1) is 0 Å². The molecule has 4 heteroatoms. The van der Waals surface area contributed by atoms with Gasteiger partial charge in [0.05, 0.1) is 27.7 Å². The molecule has 0 N–H and O–H groups in total. The third-order valence-corrected chi connectivity index (χ3v) is 2.15. The van der Waals surface area contributed by atoms with E-state index in [1.165, 1.54) is 12.4 Å². The summed E-state index contributed by atoms with van der Waals surface area (Å²) in [6.07, 6.45) is 1.17. The highest BCUT2D eigenvalue weighted by Gasteiger charge is 2.25. The maximum absolute atomic E-state index is 5.36. The predicted molar refractivity (Wildman–Crippen MR) is 52.7 cm³/mol. The molecule has 0 spiro atoms. The van der Waals surface area contributed by atoms with E-state index in [0.717, 1.165) is 6.54 Å². The first-order valence-corrected chi connectivity index (χ1v) is 4.75. The average Bonchev–Trinajstić information content (AvgIpc) is 2.04.